The fraction of sp³-hybridized carbons (Fsp3) is 0.188. The average Bonchev–Trinajstić information content (AvgIpc) is 2.53. The molecule has 0 radical (unpaired) electrons. The monoisotopic (exact) mass is 398 g/mol. The van der Waals surface area contributed by atoms with Gasteiger partial charge in [0, 0.05) is 3.57 Å². The van der Waals surface area contributed by atoms with Crippen LogP contribution in [-0.4, -0.2) is 20.2 Å². The molecule has 0 spiro atoms. The Kier molecular flexibility index (Phi) is 5.44. The van der Waals surface area contributed by atoms with Crippen LogP contribution in [0.2, 0.25) is 0 Å². The second kappa shape index (κ2) is 7.31. The fourth-order valence-electron chi connectivity index (χ4n) is 1.81. The van der Waals surface area contributed by atoms with Gasteiger partial charge in [-0.2, -0.15) is 0 Å². The number of hydrogen-bond donors (Lipinski definition) is 0. The first-order chi connectivity index (χ1) is 10.2. The maximum Gasteiger partial charge on any atom is 0.339 e. The standard InChI is InChI=1S/C16H15IO4/c1-19-14-8-12(16(18)20-2)13(17)9-15(14)21-10-11-6-4-3-5-7-11/h3-9H,10H2,1-2H3. The largest absolute Gasteiger partial charge is 0.493 e. The molecule has 0 aliphatic rings. The highest BCUT2D eigenvalue weighted by Crippen LogP contribution is 2.32. The third-order valence-corrected chi connectivity index (χ3v) is 3.79. The van der Waals surface area contributed by atoms with Crippen molar-refractivity contribution >= 4 is 28.6 Å². The number of hydrogen-bond acceptors (Lipinski definition) is 4. The van der Waals surface area contributed by atoms with Crippen molar-refractivity contribution in [2.75, 3.05) is 14.2 Å². The number of halogens is 1. The third-order valence-electron chi connectivity index (χ3n) is 2.90. The lowest BCUT2D eigenvalue weighted by Gasteiger charge is -2.13. The Morgan fingerprint density at radius 3 is 2.43 bits per heavy atom. The van der Waals surface area contributed by atoms with E-state index >= 15 is 0 Å². The Morgan fingerprint density at radius 2 is 1.81 bits per heavy atom. The zero-order valence-corrected chi connectivity index (χ0v) is 13.9. The molecule has 0 aliphatic carbocycles. The van der Waals surface area contributed by atoms with Gasteiger partial charge < -0.3 is 14.2 Å². The van der Waals surface area contributed by atoms with Gasteiger partial charge >= 0.3 is 5.97 Å². The lowest BCUT2D eigenvalue weighted by molar-refractivity contribution is 0.0599. The predicted molar refractivity (Wildman–Crippen MR) is 87.8 cm³/mol. The van der Waals surface area contributed by atoms with E-state index in [0.29, 0.717) is 23.7 Å². The summed E-state index contributed by atoms with van der Waals surface area (Å²) in [4.78, 5) is 11.7. The molecule has 0 saturated carbocycles. The predicted octanol–water partition coefficient (Wildman–Crippen LogP) is 3.67. The molecule has 0 saturated heterocycles. The summed E-state index contributed by atoms with van der Waals surface area (Å²) in [6.45, 7) is 0.435. The molecule has 110 valence electrons. The van der Waals surface area contributed by atoms with Crippen LogP contribution < -0.4 is 9.47 Å². The van der Waals surface area contributed by atoms with Crippen molar-refractivity contribution in [2.45, 2.75) is 6.61 Å². The number of carbonyl (C=O) groups is 1. The fourth-order valence-corrected chi connectivity index (χ4v) is 2.47. The van der Waals surface area contributed by atoms with Crippen LogP contribution in [0.5, 0.6) is 11.5 Å². The van der Waals surface area contributed by atoms with E-state index in [1.165, 1.54) is 7.11 Å². The van der Waals surface area contributed by atoms with Gasteiger partial charge in [-0.05, 0) is 40.3 Å². The van der Waals surface area contributed by atoms with Crippen LogP contribution in [0.15, 0.2) is 42.5 Å². The number of rotatable bonds is 5. The highest BCUT2D eigenvalue weighted by molar-refractivity contribution is 14.1. The highest BCUT2D eigenvalue weighted by Gasteiger charge is 2.16. The first kappa shape index (κ1) is 15.6. The Morgan fingerprint density at radius 1 is 1.10 bits per heavy atom. The molecule has 0 aliphatic heterocycles. The average molecular weight is 398 g/mol. The van der Waals surface area contributed by atoms with E-state index in [2.05, 4.69) is 22.6 Å². The number of carbonyl (C=O) groups excluding carboxylic acids is 1. The summed E-state index contributed by atoms with van der Waals surface area (Å²) in [5.41, 5.74) is 1.52. The Bertz CT molecular complexity index is 626. The number of ether oxygens (including phenoxy) is 3. The van der Waals surface area contributed by atoms with Gasteiger partial charge in [0.15, 0.2) is 11.5 Å². The first-order valence-electron chi connectivity index (χ1n) is 6.28. The maximum absolute atomic E-state index is 11.7. The van der Waals surface area contributed by atoms with Crippen molar-refractivity contribution in [1.82, 2.24) is 0 Å². The second-order valence-corrected chi connectivity index (χ2v) is 5.41. The SMILES string of the molecule is COC(=O)c1cc(OC)c(OCc2ccccc2)cc1I. The summed E-state index contributed by atoms with van der Waals surface area (Å²) in [6.07, 6.45) is 0. The minimum atomic E-state index is -0.396. The highest BCUT2D eigenvalue weighted by atomic mass is 127. The number of benzene rings is 2. The van der Waals surface area contributed by atoms with Crippen molar-refractivity contribution in [3.8, 4) is 11.5 Å². The molecule has 0 bridgehead atoms. The summed E-state index contributed by atoms with van der Waals surface area (Å²) in [6, 6.07) is 13.3. The number of esters is 1. The lowest BCUT2D eigenvalue weighted by Crippen LogP contribution is -2.06. The second-order valence-electron chi connectivity index (χ2n) is 4.25. The molecule has 0 fully saturated rings. The Labute approximate surface area is 137 Å². The van der Waals surface area contributed by atoms with E-state index in [1.807, 2.05) is 30.3 Å². The molecule has 2 aromatic carbocycles. The van der Waals surface area contributed by atoms with E-state index in [-0.39, 0.29) is 0 Å². The van der Waals surface area contributed by atoms with Gasteiger partial charge in [0.25, 0.3) is 0 Å². The van der Waals surface area contributed by atoms with Gasteiger partial charge in [-0.15, -0.1) is 0 Å². The molecule has 0 heterocycles. The minimum Gasteiger partial charge on any atom is -0.493 e. The van der Waals surface area contributed by atoms with E-state index < -0.39 is 5.97 Å². The van der Waals surface area contributed by atoms with Crippen molar-refractivity contribution in [3.05, 3.63) is 57.2 Å². The first-order valence-corrected chi connectivity index (χ1v) is 7.36. The minimum absolute atomic E-state index is 0.396. The zero-order valence-electron chi connectivity index (χ0n) is 11.8. The zero-order chi connectivity index (χ0) is 15.2. The molecule has 0 amide bonds. The number of methoxy groups -OCH3 is 2. The molecule has 0 atom stereocenters. The van der Waals surface area contributed by atoms with Crippen LogP contribution in [0, 0.1) is 3.57 Å². The Hall–Kier alpha value is -1.76. The van der Waals surface area contributed by atoms with E-state index in [0.717, 1.165) is 9.13 Å². The van der Waals surface area contributed by atoms with Crippen molar-refractivity contribution in [1.29, 1.82) is 0 Å². The maximum atomic E-state index is 11.7. The smallest absolute Gasteiger partial charge is 0.339 e. The lowest BCUT2D eigenvalue weighted by atomic mass is 10.2. The molecule has 0 aromatic heterocycles. The molecule has 2 rings (SSSR count). The molecule has 0 N–H and O–H groups in total. The summed E-state index contributed by atoms with van der Waals surface area (Å²) in [5.74, 6) is 0.706. The van der Waals surface area contributed by atoms with Crippen LogP contribution in [-0.2, 0) is 11.3 Å². The van der Waals surface area contributed by atoms with E-state index in [9.17, 15) is 4.79 Å². The van der Waals surface area contributed by atoms with Gasteiger partial charge in [-0.1, -0.05) is 30.3 Å². The van der Waals surface area contributed by atoms with Crippen LogP contribution in [0.3, 0.4) is 0 Å². The van der Waals surface area contributed by atoms with Gasteiger partial charge in [-0.3, -0.25) is 0 Å². The van der Waals surface area contributed by atoms with Crippen LogP contribution in [0.1, 0.15) is 15.9 Å². The topological polar surface area (TPSA) is 44.8 Å². The third kappa shape index (κ3) is 3.87. The molecular formula is C16H15IO4. The molecule has 2 aromatic rings. The van der Waals surface area contributed by atoms with Crippen LogP contribution in [0.25, 0.3) is 0 Å². The van der Waals surface area contributed by atoms with E-state index in [4.69, 9.17) is 14.2 Å². The van der Waals surface area contributed by atoms with Gasteiger partial charge in [0.2, 0.25) is 0 Å². The van der Waals surface area contributed by atoms with Crippen molar-refractivity contribution in [2.24, 2.45) is 0 Å². The quantitative estimate of drug-likeness (QED) is 0.570. The normalized spacial score (nSPS) is 10.0. The Balaban J connectivity index is 2.23. The molecule has 5 heteroatoms. The van der Waals surface area contributed by atoms with Gasteiger partial charge in [-0.25, -0.2) is 4.79 Å². The van der Waals surface area contributed by atoms with E-state index in [1.54, 1.807) is 19.2 Å². The summed E-state index contributed by atoms with van der Waals surface area (Å²) < 4.78 is 16.6. The summed E-state index contributed by atoms with van der Waals surface area (Å²) >= 11 is 2.08. The van der Waals surface area contributed by atoms with Crippen LogP contribution >= 0.6 is 22.6 Å². The molecule has 4 nitrogen and oxygen atoms in total. The van der Waals surface area contributed by atoms with Crippen molar-refractivity contribution < 1.29 is 19.0 Å². The molecule has 0 unspecified atom stereocenters. The molecule has 21 heavy (non-hydrogen) atoms. The van der Waals surface area contributed by atoms with Gasteiger partial charge in [0.05, 0.1) is 19.8 Å². The summed E-state index contributed by atoms with van der Waals surface area (Å²) in [5, 5.41) is 0. The molecular weight excluding hydrogens is 383 g/mol. The van der Waals surface area contributed by atoms with Crippen molar-refractivity contribution in [3.63, 3.8) is 0 Å². The summed E-state index contributed by atoms with van der Waals surface area (Å²) in [7, 11) is 2.89. The van der Waals surface area contributed by atoms with Crippen LogP contribution in [0.4, 0.5) is 0 Å². The van der Waals surface area contributed by atoms with Gasteiger partial charge in [0.1, 0.15) is 6.61 Å².